The second-order valence-corrected chi connectivity index (χ2v) is 11.3. The summed E-state index contributed by atoms with van der Waals surface area (Å²) >= 11 is 0. The third-order valence-corrected chi connectivity index (χ3v) is 7.72. The molecule has 226 valence electrons. The standard InChI is InChI=1S/C33H46F2N2O4/c1-4-12-37(13-5-2)33(40)27-17-23(3)16-26(21-27)32(39)36-30(20-25-18-28(34)22-29(35)19-25)31(38)11-15-41-14-10-24-8-6-7-9-24/h16-19,21-22,24,30-31,38H,4-15,20H2,1-3H3,(H,36,39)/t30-,31-/m0/s1. The fraction of sp³-hybridized carbons (Fsp3) is 0.576. The van der Waals surface area contributed by atoms with Crippen LogP contribution in [0.2, 0.25) is 0 Å². The zero-order valence-electron chi connectivity index (χ0n) is 24.8. The summed E-state index contributed by atoms with van der Waals surface area (Å²) in [6.07, 6.45) is 6.97. The first-order valence-electron chi connectivity index (χ1n) is 15.1. The molecule has 0 saturated heterocycles. The summed E-state index contributed by atoms with van der Waals surface area (Å²) in [6, 6.07) is 7.39. The van der Waals surface area contributed by atoms with E-state index in [4.69, 9.17) is 4.74 Å². The Labute approximate surface area is 243 Å². The lowest BCUT2D eigenvalue weighted by Crippen LogP contribution is -2.45. The maximum Gasteiger partial charge on any atom is 0.253 e. The van der Waals surface area contributed by atoms with Crippen LogP contribution in [0.25, 0.3) is 0 Å². The van der Waals surface area contributed by atoms with E-state index in [9.17, 15) is 23.5 Å². The number of halogens is 2. The van der Waals surface area contributed by atoms with Crippen molar-refractivity contribution in [1.82, 2.24) is 10.2 Å². The molecule has 0 radical (unpaired) electrons. The second-order valence-electron chi connectivity index (χ2n) is 11.3. The number of ether oxygens (including phenoxy) is 1. The van der Waals surface area contributed by atoms with Crippen LogP contribution in [-0.4, -0.2) is 60.3 Å². The van der Waals surface area contributed by atoms with E-state index in [0.717, 1.165) is 30.9 Å². The smallest absolute Gasteiger partial charge is 0.253 e. The van der Waals surface area contributed by atoms with Gasteiger partial charge in [-0.05, 0) is 86.4 Å². The number of nitrogens with one attached hydrogen (secondary N) is 1. The van der Waals surface area contributed by atoms with E-state index in [2.05, 4.69) is 5.32 Å². The van der Waals surface area contributed by atoms with Crippen molar-refractivity contribution in [2.24, 2.45) is 5.92 Å². The van der Waals surface area contributed by atoms with Crippen LogP contribution in [-0.2, 0) is 11.2 Å². The Kier molecular flexibility index (Phi) is 13.2. The molecule has 3 rings (SSSR count). The number of nitrogens with zero attached hydrogens (tertiary/aromatic N) is 1. The molecule has 2 N–H and O–H groups in total. The van der Waals surface area contributed by atoms with Crippen LogP contribution >= 0.6 is 0 Å². The van der Waals surface area contributed by atoms with Crippen LogP contribution in [0.1, 0.15) is 97.1 Å². The maximum atomic E-state index is 13.9. The Morgan fingerprint density at radius 2 is 1.61 bits per heavy atom. The predicted octanol–water partition coefficient (Wildman–Crippen LogP) is 6.22. The number of aryl methyl sites for hydroxylation is 1. The fourth-order valence-electron chi connectivity index (χ4n) is 5.65. The molecule has 1 aliphatic carbocycles. The monoisotopic (exact) mass is 572 g/mol. The molecule has 0 unspecified atom stereocenters. The molecular formula is C33H46F2N2O4. The Morgan fingerprint density at radius 1 is 0.976 bits per heavy atom. The molecule has 2 amide bonds. The van der Waals surface area contributed by atoms with Gasteiger partial charge in [0.2, 0.25) is 0 Å². The van der Waals surface area contributed by atoms with Gasteiger partial charge in [-0.1, -0.05) is 39.5 Å². The summed E-state index contributed by atoms with van der Waals surface area (Å²) in [5.74, 6) is -1.34. The molecule has 2 atom stereocenters. The van der Waals surface area contributed by atoms with Crippen molar-refractivity contribution in [2.75, 3.05) is 26.3 Å². The predicted molar refractivity (Wildman–Crippen MR) is 157 cm³/mol. The van der Waals surface area contributed by atoms with Crippen LogP contribution in [0.4, 0.5) is 8.78 Å². The lowest BCUT2D eigenvalue weighted by atomic mass is 9.98. The van der Waals surface area contributed by atoms with Gasteiger partial charge in [-0.15, -0.1) is 0 Å². The summed E-state index contributed by atoms with van der Waals surface area (Å²) in [5.41, 5.74) is 1.80. The lowest BCUT2D eigenvalue weighted by Gasteiger charge is -2.25. The molecule has 2 aromatic rings. The molecular weight excluding hydrogens is 526 g/mol. The van der Waals surface area contributed by atoms with Gasteiger partial charge in [-0.3, -0.25) is 9.59 Å². The lowest BCUT2D eigenvalue weighted by molar-refractivity contribution is 0.0537. The number of carbonyl (C=O) groups is 2. The topological polar surface area (TPSA) is 78.9 Å². The van der Waals surface area contributed by atoms with Gasteiger partial charge < -0.3 is 20.1 Å². The van der Waals surface area contributed by atoms with Crippen molar-refractivity contribution in [1.29, 1.82) is 0 Å². The fourth-order valence-corrected chi connectivity index (χ4v) is 5.65. The number of aliphatic hydroxyl groups is 1. The summed E-state index contributed by atoms with van der Waals surface area (Å²) in [5, 5.41) is 13.9. The largest absolute Gasteiger partial charge is 0.391 e. The summed E-state index contributed by atoms with van der Waals surface area (Å²) < 4.78 is 33.6. The summed E-state index contributed by atoms with van der Waals surface area (Å²) in [6.45, 7) is 8.04. The highest BCUT2D eigenvalue weighted by Crippen LogP contribution is 2.27. The van der Waals surface area contributed by atoms with Crippen LogP contribution in [0.15, 0.2) is 36.4 Å². The average Bonchev–Trinajstić information content (AvgIpc) is 3.44. The zero-order chi connectivity index (χ0) is 29.8. The van der Waals surface area contributed by atoms with Gasteiger partial charge in [0.15, 0.2) is 0 Å². The van der Waals surface area contributed by atoms with Crippen molar-refractivity contribution in [2.45, 2.75) is 90.7 Å². The molecule has 1 saturated carbocycles. The minimum atomic E-state index is -1.01. The van der Waals surface area contributed by atoms with Gasteiger partial charge in [0.1, 0.15) is 11.6 Å². The number of amides is 2. The molecule has 1 aliphatic rings. The van der Waals surface area contributed by atoms with Crippen molar-refractivity contribution >= 4 is 11.8 Å². The SMILES string of the molecule is CCCN(CCC)C(=O)c1cc(C)cc(C(=O)N[C@@H](Cc2cc(F)cc(F)c2)[C@@H](O)CCOCCC2CCCC2)c1. The Balaban J connectivity index is 1.72. The van der Waals surface area contributed by atoms with E-state index in [1.54, 1.807) is 23.1 Å². The van der Waals surface area contributed by atoms with Gasteiger partial charge in [0.05, 0.1) is 12.1 Å². The van der Waals surface area contributed by atoms with Crippen LogP contribution in [0.5, 0.6) is 0 Å². The summed E-state index contributed by atoms with van der Waals surface area (Å²) in [7, 11) is 0. The van der Waals surface area contributed by atoms with Crippen molar-refractivity contribution < 1.29 is 28.2 Å². The molecule has 0 bridgehead atoms. The zero-order valence-corrected chi connectivity index (χ0v) is 24.8. The van der Waals surface area contributed by atoms with E-state index in [-0.39, 0.29) is 24.3 Å². The van der Waals surface area contributed by atoms with E-state index in [1.807, 2.05) is 20.8 Å². The molecule has 1 fully saturated rings. The summed E-state index contributed by atoms with van der Waals surface area (Å²) in [4.78, 5) is 28.4. The molecule has 0 aromatic heterocycles. The Hall–Kier alpha value is -2.84. The first-order chi connectivity index (χ1) is 19.7. The average molecular weight is 573 g/mol. The van der Waals surface area contributed by atoms with Crippen LogP contribution < -0.4 is 5.32 Å². The van der Waals surface area contributed by atoms with Gasteiger partial charge in [-0.2, -0.15) is 0 Å². The van der Waals surface area contributed by atoms with Crippen molar-refractivity contribution in [3.8, 4) is 0 Å². The molecule has 6 nitrogen and oxygen atoms in total. The highest BCUT2D eigenvalue weighted by Gasteiger charge is 2.25. The van der Waals surface area contributed by atoms with Crippen molar-refractivity contribution in [3.05, 3.63) is 70.3 Å². The van der Waals surface area contributed by atoms with E-state index < -0.39 is 29.7 Å². The van der Waals surface area contributed by atoms with Crippen molar-refractivity contribution in [3.63, 3.8) is 0 Å². The number of rotatable bonds is 16. The molecule has 8 heteroatoms. The minimum absolute atomic E-state index is 0.0298. The Bertz CT molecular complexity index is 1110. The normalized spacial score (nSPS) is 15.1. The third-order valence-electron chi connectivity index (χ3n) is 7.72. The molecule has 41 heavy (non-hydrogen) atoms. The molecule has 2 aromatic carbocycles. The minimum Gasteiger partial charge on any atom is -0.391 e. The van der Waals surface area contributed by atoms with Gasteiger partial charge in [0, 0.05) is 43.5 Å². The van der Waals surface area contributed by atoms with E-state index >= 15 is 0 Å². The number of aliphatic hydroxyl groups excluding tert-OH is 1. The number of benzene rings is 2. The highest BCUT2D eigenvalue weighted by molar-refractivity contribution is 6.00. The quantitative estimate of drug-likeness (QED) is 0.234. The number of carbonyl (C=O) groups excluding carboxylic acids is 2. The maximum absolute atomic E-state index is 13.9. The Morgan fingerprint density at radius 3 is 2.24 bits per heavy atom. The first kappa shape index (κ1) is 32.7. The van der Waals surface area contributed by atoms with Gasteiger partial charge >= 0.3 is 0 Å². The van der Waals surface area contributed by atoms with Gasteiger partial charge in [-0.25, -0.2) is 8.78 Å². The number of hydrogen-bond donors (Lipinski definition) is 2. The highest BCUT2D eigenvalue weighted by atomic mass is 19.1. The third kappa shape index (κ3) is 10.5. The van der Waals surface area contributed by atoms with E-state index in [1.165, 1.54) is 37.8 Å². The molecule has 0 heterocycles. The first-order valence-corrected chi connectivity index (χ1v) is 15.1. The number of hydrogen-bond acceptors (Lipinski definition) is 4. The van der Waals surface area contributed by atoms with Gasteiger partial charge in [0.25, 0.3) is 11.8 Å². The molecule has 0 spiro atoms. The molecule has 0 aliphatic heterocycles. The van der Waals surface area contributed by atoms with E-state index in [0.29, 0.717) is 43.3 Å². The van der Waals surface area contributed by atoms with Crippen LogP contribution in [0, 0.1) is 24.5 Å². The second kappa shape index (κ2) is 16.6. The van der Waals surface area contributed by atoms with Crippen LogP contribution in [0.3, 0.4) is 0 Å².